The van der Waals surface area contributed by atoms with E-state index in [1.807, 2.05) is 0 Å². The molecule has 0 heterocycles. The highest BCUT2D eigenvalue weighted by atomic mass is 31.2. The lowest BCUT2D eigenvalue weighted by Gasteiger charge is -2.21. The number of allylic oxidation sites excluding steroid dienone is 4. The molecule has 3 unspecified atom stereocenters. The van der Waals surface area contributed by atoms with Crippen LogP contribution in [0.25, 0.3) is 0 Å². The van der Waals surface area contributed by atoms with Crippen molar-refractivity contribution in [3.63, 3.8) is 0 Å². The van der Waals surface area contributed by atoms with E-state index in [-0.39, 0.29) is 25.7 Å². The molecular weight excluding hydrogens is 1270 g/mol. The van der Waals surface area contributed by atoms with Gasteiger partial charge in [-0.05, 0) is 63.2 Å². The second-order valence-corrected chi connectivity index (χ2v) is 31.0. The molecule has 0 saturated carbocycles. The summed E-state index contributed by atoms with van der Waals surface area (Å²) in [5, 5.41) is 10.6. The molecule has 19 heteroatoms. The number of carbonyl (C=O) groups is 4. The Morgan fingerprint density at radius 1 is 0.340 bits per heavy atom. The van der Waals surface area contributed by atoms with Crippen LogP contribution in [0.1, 0.15) is 382 Å². The van der Waals surface area contributed by atoms with Crippen LogP contribution in [0.5, 0.6) is 0 Å². The third-order valence-corrected chi connectivity index (χ3v) is 19.8. The first kappa shape index (κ1) is 94.5. The number of ether oxygens (including phenoxy) is 4. The van der Waals surface area contributed by atoms with Gasteiger partial charge >= 0.3 is 39.5 Å². The van der Waals surface area contributed by atoms with Gasteiger partial charge in [0.1, 0.15) is 19.3 Å². The van der Waals surface area contributed by atoms with Gasteiger partial charge in [-0.15, -0.1) is 0 Å². The maximum Gasteiger partial charge on any atom is 0.472 e. The van der Waals surface area contributed by atoms with Crippen LogP contribution in [0.4, 0.5) is 0 Å². The lowest BCUT2D eigenvalue weighted by molar-refractivity contribution is -0.161. The Morgan fingerprint density at radius 3 is 0.928 bits per heavy atom. The highest BCUT2D eigenvalue weighted by Crippen LogP contribution is 2.45. The first-order valence-corrected chi connectivity index (χ1v) is 42.8. The van der Waals surface area contributed by atoms with Crippen LogP contribution in [0.2, 0.25) is 0 Å². The van der Waals surface area contributed by atoms with Gasteiger partial charge in [-0.3, -0.25) is 37.3 Å². The van der Waals surface area contributed by atoms with E-state index in [1.165, 1.54) is 173 Å². The van der Waals surface area contributed by atoms with Crippen molar-refractivity contribution in [1.29, 1.82) is 0 Å². The maximum atomic E-state index is 13.1. The van der Waals surface area contributed by atoms with Crippen molar-refractivity contribution >= 4 is 39.5 Å². The van der Waals surface area contributed by atoms with E-state index >= 15 is 0 Å². The number of phosphoric ester groups is 2. The molecule has 0 spiro atoms. The fourth-order valence-corrected chi connectivity index (χ4v) is 13.0. The summed E-state index contributed by atoms with van der Waals surface area (Å²) in [5.41, 5.74) is 0. The molecule has 0 bridgehead atoms. The normalized spacial score (nSPS) is 14.4. The van der Waals surface area contributed by atoms with Gasteiger partial charge in [0, 0.05) is 25.7 Å². The summed E-state index contributed by atoms with van der Waals surface area (Å²) in [6.45, 7) is 9.48. The number of aliphatic hydroxyl groups excluding tert-OH is 1. The average Bonchev–Trinajstić information content (AvgIpc) is 1.43. The number of phosphoric acid groups is 2. The fraction of sp³-hybridized carbons (Fsp3) is 0.897. The van der Waals surface area contributed by atoms with E-state index in [9.17, 15) is 43.2 Å². The molecule has 0 amide bonds. The summed E-state index contributed by atoms with van der Waals surface area (Å²) in [4.78, 5) is 72.8. The van der Waals surface area contributed by atoms with Gasteiger partial charge in [0.15, 0.2) is 12.2 Å². The van der Waals surface area contributed by atoms with Gasteiger partial charge < -0.3 is 33.8 Å². The van der Waals surface area contributed by atoms with E-state index in [4.69, 9.17) is 37.0 Å². The highest BCUT2D eigenvalue weighted by Gasteiger charge is 2.30. The molecule has 0 aliphatic rings. The minimum Gasteiger partial charge on any atom is -0.462 e. The SMILES string of the molecule is CCCCCC/C=C\C=C/CCCCCCCC(=O)OC[C@H](COP(=O)(O)OC[C@@H](O)COP(=O)(O)OC[C@@H](COC(=O)CCCCCCCCC(C)C)OC(=O)CCCCCCCCCCCCC(C)CC)OC(=O)CCCCCCCCCCCCCCCCCCCCC. The van der Waals surface area contributed by atoms with Crippen LogP contribution in [-0.4, -0.2) is 96.7 Å². The maximum absolute atomic E-state index is 13.1. The summed E-state index contributed by atoms with van der Waals surface area (Å²) in [6.07, 6.45) is 60.6. The van der Waals surface area contributed by atoms with E-state index < -0.39 is 97.5 Å². The molecule has 0 saturated heterocycles. The Morgan fingerprint density at radius 2 is 0.608 bits per heavy atom. The predicted molar refractivity (Wildman–Crippen MR) is 395 cm³/mol. The molecule has 572 valence electrons. The Balaban J connectivity index is 5.26. The largest absolute Gasteiger partial charge is 0.472 e. The molecule has 0 rings (SSSR count). The number of rotatable bonds is 75. The third-order valence-electron chi connectivity index (χ3n) is 17.9. The van der Waals surface area contributed by atoms with Crippen LogP contribution in [0.3, 0.4) is 0 Å². The zero-order chi connectivity index (χ0) is 71.4. The quantitative estimate of drug-likeness (QED) is 0.0169. The van der Waals surface area contributed by atoms with Crippen molar-refractivity contribution in [2.45, 2.75) is 400 Å². The molecule has 0 radical (unpaired) electrons. The van der Waals surface area contributed by atoms with Gasteiger partial charge in [0.2, 0.25) is 0 Å². The topological polar surface area (TPSA) is 237 Å². The molecule has 17 nitrogen and oxygen atoms in total. The van der Waals surface area contributed by atoms with Crippen molar-refractivity contribution in [3.05, 3.63) is 24.3 Å². The minimum absolute atomic E-state index is 0.102. The van der Waals surface area contributed by atoms with Crippen LogP contribution in [-0.2, 0) is 65.4 Å². The van der Waals surface area contributed by atoms with Gasteiger partial charge in [-0.25, -0.2) is 9.13 Å². The summed E-state index contributed by atoms with van der Waals surface area (Å²) >= 11 is 0. The molecule has 0 aromatic rings. The Kier molecular flexibility index (Phi) is 67.5. The predicted octanol–water partition coefficient (Wildman–Crippen LogP) is 22.7. The zero-order valence-electron chi connectivity index (χ0n) is 62.9. The van der Waals surface area contributed by atoms with Gasteiger partial charge in [0.25, 0.3) is 0 Å². The van der Waals surface area contributed by atoms with Gasteiger partial charge in [-0.2, -0.15) is 0 Å². The molecule has 0 aliphatic carbocycles. The molecule has 97 heavy (non-hydrogen) atoms. The Bertz CT molecular complexity index is 1970. The lowest BCUT2D eigenvalue weighted by atomic mass is 9.99. The smallest absolute Gasteiger partial charge is 0.462 e. The fourth-order valence-electron chi connectivity index (χ4n) is 11.4. The third kappa shape index (κ3) is 70.4. The molecule has 3 N–H and O–H groups in total. The number of aliphatic hydroxyl groups is 1. The molecule has 0 aliphatic heterocycles. The monoisotopic (exact) mass is 1420 g/mol. The molecule has 0 fully saturated rings. The zero-order valence-corrected chi connectivity index (χ0v) is 64.7. The molecular formula is C78H148O17P2. The molecule has 0 aromatic heterocycles. The van der Waals surface area contributed by atoms with Crippen molar-refractivity contribution in [3.8, 4) is 0 Å². The summed E-state index contributed by atoms with van der Waals surface area (Å²) in [6, 6.07) is 0. The second-order valence-electron chi connectivity index (χ2n) is 28.1. The van der Waals surface area contributed by atoms with E-state index in [0.29, 0.717) is 31.6 Å². The first-order valence-electron chi connectivity index (χ1n) is 39.8. The first-order chi connectivity index (χ1) is 46.9. The summed E-state index contributed by atoms with van der Waals surface area (Å²) in [5.74, 6) is -0.667. The second kappa shape index (κ2) is 69.3. The Hall–Kier alpha value is -2.46. The number of unbranched alkanes of at least 4 members (excludes halogenated alkanes) is 41. The molecule has 0 aromatic carbocycles. The van der Waals surface area contributed by atoms with Crippen molar-refractivity contribution in [2.75, 3.05) is 39.6 Å². The van der Waals surface area contributed by atoms with Crippen molar-refractivity contribution in [2.24, 2.45) is 11.8 Å². The van der Waals surface area contributed by atoms with Crippen molar-refractivity contribution < 1.29 is 80.2 Å². The summed E-state index contributed by atoms with van der Waals surface area (Å²) in [7, 11) is -9.93. The van der Waals surface area contributed by atoms with Crippen LogP contribution in [0.15, 0.2) is 24.3 Å². The Labute approximate surface area is 592 Å². The van der Waals surface area contributed by atoms with E-state index in [1.54, 1.807) is 0 Å². The van der Waals surface area contributed by atoms with Crippen LogP contribution >= 0.6 is 15.6 Å². The molecule has 6 atom stereocenters. The van der Waals surface area contributed by atoms with Crippen LogP contribution in [0, 0.1) is 11.8 Å². The number of hydrogen-bond donors (Lipinski definition) is 3. The van der Waals surface area contributed by atoms with E-state index in [0.717, 1.165) is 121 Å². The number of hydrogen-bond acceptors (Lipinski definition) is 15. The van der Waals surface area contributed by atoms with Crippen molar-refractivity contribution in [1.82, 2.24) is 0 Å². The minimum atomic E-state index is -4.97. The standard InChI is InChI=1S/C78H148O17P2/c1-7-10-12-14-16-18-20-22-24-25-26-27-29-31-33-38-42-50-56-62-77(82)94-73(66-88-75(80)60-54-48-41-37-32-30-28-23-21-19-17-15-13-11-8-2)68-92-96(84,85)90-64-72(79)65-91-97(86,87)93-69-74(67-89-76(81)61-55-49-45-44-46-52-58-70(4)5)95-78(83)63-57-51-43-39-35-34-36-40-47-53-59-71(6)9-3/h19,21,23,28,70-74,79H,7-18,20,22,24-27,29-69H2,1-6H3,(H,84,85)(H,86,87)/b21-19-,28-23-/t71?,72-,73-,74-/m1/s1. The van der Waals surface area contributed by atoms with Gasteiger partial charge in [-0.1, -0.05) is 329 Å². The average molecular weight is 1420 g/mol. The summed E-state index contributed by atoms with van der Waals surface area (Å²) < 4.78 is 68.5. The lowest BCUT2D eigenvalue weighted by Crippen LogP contribution is -2.30. The van der Waals surface area contributed by atoms with Gasteiger partial charge in [0.05, 0.1) is 26.4 Å². The highest BCUT2D eigenvalue weighted by molar-refractivity contribution is 7.47. The number of carbonyl (C=O) groups excluding carboxylic acids is 4. The van der Waals surface area contributed by atoms with E-state index in [2.05, 4.69) is 65.8 Å². The number of esters is 4. The van der Waals surface area contributed by atoms with Crippen LogP contribution < -0.4 is 0 Å².